The van der Waals surface area contributed by atoms with Crippen molar-refractivity contribution < 1.29 is 26.0 Å². The summed E-state index contributed by atoms with van der Waals surface area (Å²) >= 11 is 5.54. The van der Waals surface area contributed by atoms with Gasteiger partial charge in [0.15, 0.2) is 0 Å². The van der Waals surface area contributed by atoms with E-state index in [1.165, 1.54) is 6.07 Å². The molecular weight excluding hydrogens is 346 g/mol. The van der Waals surface area contributed by atoms with Crippen molar-refractivity contribution in [3.63, 3.8) is 0 Å². The van der Waals surface area contributed by atoms with Crippen LogP contribution in [0.1, 0.15) is 5.56 Å². The van der Waals surface area contributed by atoms with Gasteiger partial charge in [-0.05, 0) is 42.5 Å². The first-order valence-corrected chi connectivity index (χ1v) is 7.61. The van der Waals surface area contributed by atoms with Gasteiger partial charge in [0, 0.05) is 5.02 Å². The highest BCUT2D eigenvalue weighted by molar-refractivity contribution is 7.92. The van der Waals surface area contributed by atoms with Crippen LogP contribution in [0.15, 0.2) is 47.4 Å². The van der Waals surface area contributed by atoms with E-state index in [4.69, 9.17) is 11.6 Å². The Morgan fingerprint density at radius 1 is 1.00 bits per heavy atom. The van der Waals surface area contributed by atoms with E-state index in [-0.39, 0.29) is 10.7 Å². The van der Waals surface area contributed by atoms with E-state index in [1.54, 1.807) is 0 Å². The lowest BCUT2D eigenvalue weighted by molar-refractivity contribution is -0.137. The number of sulfonamides is 1. The zero-order chi connectivity index (χ0) is 16.5. The lowest BCUT2D eigenvalue weighted by Crippen LogP contribution is -2.14. The van der Waals surface area contributed by atoms with Crippen LogP contribution in [0.3, 0.4) is 0 Å². The largest absolute Gasteiger partial charge is 0.416 e. The van der Waals surface area contributed by atoms with Crippen molar-refractivity contribution in [1.82, 2.24) is 0 Å². The van der Waals surface area contributed by atoms with E-state index in [9.17, 15) is 26.0 Å². The fourth-order valence-corrected chi connectivity index (χ4v) is 2.83. The van der Waals surface area contributed by atoms with Crippen molar-refractivity contribution in [2.75, 3.05) is 4.72 Å². The minimum atomic E-state index is -4.57. The van der Waals surface area contributed by atoms with Gasteiger partial charge in [-0.1, -0.05) is 11.6 Å². The van der Waals surface area contributed by atoms with Gasteiger partial charge >= 0.3 is 6.18 Å². The third-order valence-corrected chi connectivity index (χ3v) is 4.28. The highest BCUT2D eigenvalue weighted by Crippen LogP contribution is 2.30. The van der Waals surface area contributed by atoms with E-state index in [0.717, 1.165) is 24.3 Å². The van der Waals surface area contributed by atoms with Gasteiger partial charge in [0.1, 0.15) is 5.82 Å². The van der Waals surface area contributed by atoms with Crippen LogP contribution >= 0.6 is 11.6 Å². The number of rotatable bonds is 3. The quantitative estimate of drug-likeness (QED) is 0.836. The molecule has 0 amide bonds. The average Bonchev–Trinajstić information content (AvgIpc) is 2.41. The molecule has 2 aromatic carbocycles. The van der Waals surface area contributed by atoms with Crippen LogP contribution in [0, 0.1) is 5.82 Å². The first-order valence-electron chi connectivity index (χ1n) is 5.75. The first kappa shape index (κ1) is 16.6. The van der Waals surface area contributed by atoms with Crippen LogP contribution in [0.25, 0.3) is 0 Å². The molecule has 2 aromatic rings. The fourth-order valence-electron chi connectivity index (χ4n) is 1.60. The van der Waals surface area contributed by atoms with Crippen LogP contribution in [-0.2, 0) is 16.2 Å². The summed E-state index contributed by atoms with van der Waals surface area (Å²) in [5.74, 6) is -0.900. The van der Waals surface area contributed by atoms with Crippen LogP contribution in [-0.4, -0.2) is 8.42 Å². The molecule has 0 unspecified atom stereocenters. The summed E-state index contributed by atoms with van der Waals surface area (Å²) in [6.45, 7) is 0. The molecule has 0 heterocycles. The van der Waals surface area contributed by atoms with Crippen molar-refractivity contribution >= 4 is 27.3 Å². The van der Waals surface area contributed by atoms with Gasteiger partial charge in [0.2, 0.25) is 0 Å². The molecule has 0 spiro atoms. The molecule has 0 radical (unpaired) electrons. The molecule has 9 heteroatoms. The molecule has 0 atom stereocenters. The monoisotopic (exact) mass is 353 g/mol. The molecule has 2 rings (SSSR count). The van der Waals surface area contributed by atoms with Crippen LogP contribution in [0.5, 0.6) is 0 Å². The summed E-state index contributed by atoms with van der Waals surface area (Å²) in [5.41, 5.74) is -1.34. The second kappa shape index (κ2) is 5.77. The van der Waals surface area contributed by atoms with Crippen molar-refractivity contribution in [2.45, 2.75) is 11.1 Å². The van der Waals surface area contributed by atoms with Gasteiger partial charge in [-0.2, -0.15) is 13.2 Å². The summed E-state index contributed by atoms with van der Waals surface area (Å²) in [7, 11) is -4.21. The van der Waals surface area contributed by atoms with Crippen molar-refractivity contribution in [2.24, 2.45) is 0 Å². The fraction of sp³-hybridized carbons (Fsp3) is 0.0769. The number of anilines is 1. The summed E-state index contributed by atoms with van der Waals surface area (Å²) < 4.78 is 76.8. The van der Waals surface area contributed by atoms with Gasteiger partial charge in [0.05, 0.1) is 16.1 Å². The van der Waals surface area contributed by atoms with Crippen molar-refractivity contribution in [3.05, 3.63) is 58.9 Å². The molecule has 0 aliphatic carbocycles. The van der Waals surface area contributed by atoms with Gasteiger partial charge in [-0.3, -0.25) is 4.72 Å². The molecule has 0 aromatic heterocycles. The molecule has 1 N–H and O–H groups in total. The maximum absolute atomic E-state index is 13.6. The molecule has 0 saturated heterocycles. The second-order valence-corrected chi connectivity index (χ2v) is 6.37. The molecule has 0 aliphatic heterocycles. The third kappa shape index (κ3) is 3.69. The Bertz CT molecular complexity index is 789. The van der Waals surface area contributed by atoms with Crippen molar-refractivity contribution in [1.29, 1.82) is 0 Å². The average molecular weight is 354 g/mol. The Hall–Kier alpha value is -1.80. The third-order valence-electron chi connectivity index (χ3n) is 2.67. The van der Waals surface area contributed by atoms with Gasteiger partial charge in [-0.15, -0.1) is 0 Å². The number of hydrogen-bond donors (Lipinski definition) is 1. The summed E-state index contributed by atoms with van der Waals surface area (Å²) in [5, 5.41) is 0.0787. The van der Waals surface area contributed by atoms with Gasteiger partial charge in [0.25, 0.3) is 10.0 Å². The highest BCUT2D eigenvalue weighted by Gasteiger charge is 2.30. The van der Waals surface area contributed by atoms with E-state index in [0.29, 0.717) is 12.1 Å². The lowest BCUT2D eigenvalue weighted by Gasteiger charge is -2.11. The predicted octanol–water partition coefficient (Wildman–Crippen LogP) is 4.30. The van der Waals surface area contributed by atoms with Gasteiger partial charge < -0.3 is 0 Å². The lowest BCUT2D eigenvalue weighted by atomic mass is 10.2. The number of benzene rings is 2. The normalized spacial score (nSPS) is 12.2. The Morgan fingerprint density at radius 2 is 1.59 bits per heavy atom. The van der Waals surface area contributed by atoms with Gasteiger partial charge in [-0.25, -0.2) is 12.8 Å². The molecule has 22 heavy (non-hydrogen) atoms. The summed E-state index contributed by atoms with van der Waals surface area (Å²) in [6, 6.07) is 6.14. The Kier molecular flexibility index (Phi) is 4.35. The van der Waals surface area contributed by atoms with E-state index < -0.39 is 32.5 Å². The smallest absolute Gasteiger partial charge is 0.277 e. The molecule has 118 valence electrons. The predicted molar refractivity (Wildman–Crippen MR) is 73.7 cm³/mol. The standard InChI is InChI=1S/C13H8ClF4NO2S/c14-9-3-6-12(11(15)7-9)19-22(20,21)10-4-1-8(2-5-10)13(16,17)18/h1-7,19H. The van der Waals surface area contributed by atoms with E-state index in [2.05, 4.69) is 0 Å². The molecular formula is C13H8ClF4NO2S. The molecule has 3 nitrogen and oxygen atoms in total. The second-order valence-electron chi connectivity index (χ2n) is 4.25. The summed E-state index contributed by atoms with van der Waals surface area (Å²) in [6.07, 6.45) is -4.57. The molecule has 0 fully saturated rings. The SMILES string of the molecule is O=S(=O)(Nc1ccc(Cl)cc1F)c1ccc(C(F)(F)F)cc1. The maximum atomic E-state index is 13.6. The van der Waals surface area contributed by atoms with E-state index in [1.807, 2.05) is 4.72 Å². The zero-order valence-corrected chi connectivity index (χ0v) is 12.2. The van der Waals surface area contributed by atoms with Crippen molar-refractivity contribution in [3.8, 4) is 0 Å². The Morgan fingerprint density at radius 3 is 2.09 bits per heavy atom. The highest BCUT2D eigenvalue weighted by atomic mass is 35.5. The molecule has 0 aliphatic rings. The number of nitrogens with one attached hydrogen (secondary N) is 1. The number of alkyl halides is 3. The van der Waals surface area contributed by atoms with Crippen LogP contribution in [0.4, 0.5) is 23.2 Å². The van der Waals surface area contributed by atoms with Crippen LogP contribution < -0.4 is 4.72 Å². The number of halogens is 5. The Labute approximate surface area is 128 Å². The minimum Gasteiger partial charge on any atom is -0.277 e. The zero-order valence-electron chi connectivity index (χ0n) is 10.7. The topological polar surface area (TPSA) is 46.2 Å². The molecule has 0 bridgehead atoms. The molecule has 0 saturated carbocycles. The first-order chi connectivity index (χ1) is 10.1. The minimum absolute atomic E-state index is 0.0787. The van der Waals surface area contributed by atoms with Crippen LogP contribution in [0.2, 0.25) is 5.02 Å². The number of hydrogen-bond acceptors (Lipinski definition) is 2. The summed E-state index contributed by atoms with van der Waals surface area (Å²) in [4.78, 5) is -0.421. The maximum Gasteiger partial charge on any atom is 0.416 e. The van der Waals surface area contributed by atoms with E-state index >= 15 is 0 Å². The Balaban J connectivity index is 2.31.